The number of nitrogens with zero attached hydrogens (tertiary/aromatic N) is 1. The maximum absolute atomic E-state index is 13.1. The number of unbranched alkanes of at least 4 members (excludes halogenated alkanes) is 10. The molecule has 1 aliphatic rings. The number of rotatable bonds is 26. The van der Waals surface area contributed by atoms with Crippen LogP contribution in [0.2, 0.25) is 0 Å². The fraction of sp³-hybridized carbons (Fsp3) is 0.509. The molecule has 1 aliphatic heterocycles. The van der Waals surface area contributed by atoms with Crippen LogP contribution in [0.3, 0.4) is 0 Å². The van der Waals surface area contributed by atoms with Crippen LogP contribution in [0.4, 0.5) is 4.79 Å². The summed E-state index contributed by atoms with van der Waals surface area (Å²) >= 11 is 0. The quantitative estimate of drug-likeness (QED) is 0.0426. The van der Waals surface area contributed by atoms with Crippen molar-refractivity contribution in [1.29, 1.82) is 0 Å². The molecule has 0 saturated carbocycles. The first-order valence-corrected chi connectivity index (χ1v) is 23.4. The summed E-state index contributed by atoms with van der Waals surface area (Å²) in [7, 11) is 1.33. The third-order valence-electron chi connectivity index (χ3n) is 12.2. The molecule has 0 unspecified atom stereocenters. The molecule has 1 saturated heterocycles. The van der Waals surface area contributed by atoms with E-state index < -0.39 is 24.3 Å². The predicted molar refractivity (Wildman–Crippen MR) is 249 cm³/mol. The first kappa shape index (κ1) is 48.5. The Balaban J connectivity index is 1.30. The first-order chi connectivity index (χ1) is 30.3. The minimum Gasteiger partial charge on any atom is -0.467 e. The minimum atomic E-state index is -0.819. The van der Waals surface area contributed by atoms with Gasteiger partial charge in [-0.05, 0) is 59.3 Å². The van der Waals surface area contributed by atoms with E-state index in [0.29, 0.717) is 6.42 Å². The maximum Gasteiger partial charge on any atom is 0.328 e. The highest BCUT2D eigenvalue weighted by Crippen LogP contribution is 2.42. The Morgan fingerprint density at radius 1 is 0.710 bits per heavy atom. The van der Waals surface area contributed by atoms with Gasteiger partial charge in [0.05, 0.1) is 25.9 Å². The number of hydrogen-bond acceptors (Lipinski definition) is 7. The average Bonchev–Trinajstić information content (AvgIpc) is 3.31. The lowest BCUT2D eigenvalue weighted by Gasteiger charge is -2.43. The Kier molecular flexibility index (Phi) is 21.0. The normalized spacial score (nSPS) is 18.0. The van der Waals surface area contributed by atoms with Crippen molar-refractivity contribution in [2.24, 2.45) is 5.92 Å². The summed E-state index contributed by atoms with van der Waals surface area (Å²) in [5, 5.41) is 15.5. The van der Waals surface area contributed by atoms with Gasteiger partial charge in [0.2, 0.25) is 0 Å². The van der Waals surface area contributed by atoms with Gasteiger partial charge in [0.1, 0.15) is 6.04 Å². The fourth-order valence-corrected chi connectivity index (χ4v) is 8.45. The van der Waals surface area contributed by atoms with Gasteiger partial charge in [-0.25, -0.2) is 9.59 Å². The molecule has 1 heterocycles. The molecule has 5 rings (SSSR count). The van der Waals surface area contributed by atoms with Gasteiger partial charge in [-0.15, -0.1) is 0 Å². The third kappa shape index (κ3) is 15.4. The van der Waals surface area contributed by atoms with E-state index in [-0.39, 0.29) is 31.3 Å². The number of amides is 2. The van der Waals surface area contributed by atoms with Crippen molar-refractivity contribution in [2.75, 3.05) is 26.7 Å². The monoisotopic (exact) mass is 848 g/mol. The fourth-order valence-electron chi connectivity index (χ4n) is 8.45. The van der Waals surface area contributed by atoms with Crippen molar-refractivity contribution in [3.05, 3.63) is 131 Å². The molecule has 9 heteroatoms. The van der Waals surface area contributed by atoms with Gasteiger partial charge in [0.15, 0.2) is 6.29 Å². The SMILES string of the molecule is CCCCCCCCN(CCCCCCCC)C[C@H]1O[C@@H](c2ccc(-c3ccccc3CNC(=O)N[C@@H](Cc3ccccc3)C(=O)OC)cc2)O[C@@H](c2ccc(CO)cc2)[C@H]1C. The molecular formula is C53H73N3O6. The lowest BCUT2D eigenvalue weighted by atomic mass is 9.89. The first-order valence-electron chi connectivity index (χ1n) is 23.4. The van der Waals surface area contributed by atoms with Crippen molar-refractivity contribution in [3.63, 3.8) is 0 Å². The van der Waals surface area contributed by atoms with Crippen LogP contribution in [0.1, 0.15) is 138 Å². The average molecular weight is 848 g/mol. The van der Waals surface area contributed by atoms with Gasteiger partial charge in [0, 0.05) is 31.0 Å². The second kappa shape index (κ2) is 26.8. The Hall–Kier alpha value is -4.54. The predicted octanol–water partition coefficient (Wildman–Crippen LogP) is 11.2. The molecule has 4 aromatic carbocycles. The lowest BCUT2D eigenvalue weighted by Crippen LogP contribution is -2.47. The van der Waals surface area contributed by atoms with Crippen molar-refractivity contribution >= 4 is 12.0 Å². The summed E-state index contributed by atoms with van der Waals surface area (Å²) in [6.07, 6.45) is 14.9. The molecule has 1 fully saturated rings. The van der Waals surface area contributed by atoms with Gasteiger partial charge in [0.25, 0.3) is 0 Å². The molecular weight excluding hydrogens is 775 g/mol. The second-order valence-corrected chi connectivity index (χ2v) is 17.0. The Bertz CT molecular complexity index is 1850. The van der Waals surface area contributed by atoms with Gasteiger partial charge >= 0.3 is 12.0 Å². The highest BCUT2D eigenvalue weighted by Gasteiger charge is 2.39. The van der Waals surface area contributed by atoms with E-state index in [0.717, 1.165) is 58.6 Å². The number of urea groups is 1. The molecule has 336 valence electrons. The van der Waals surface area contributed by atoms with Gasteiger partial charge in [-0.3, -0.25) is 0 Å². The summed E-state index contributed by atoms with van der Waals surface area (Å²) < 4.78 is 18.8. The molecule has 9 nitrogen and oxygen atoms in total. The smallest absolute Gasteiger partial charge is 0.328 e. The van der Waals surface area contributed by atoms with Crippen LogP contribution in [-0.4, -0.2) is 60.9 Å². The van der Waals surface area contributed by atoms with E-state index in [1.165, 1.54) is 84.2 Å². The maximum atomic E-state index is 13.1. The summed E-state index contributed by atoms with van der Waals surface area (Å²) in [5.41, 5.74) is 6.78. The number of methoxy groups -OCH3 is 1. The summed E-state index contributed by atoms with van der Waals surface area (Å²) in [4.78, 5) is 28.3. The van der Waals surface area contributed by atoms with Crippen molar-refractivity contribution < 1.29 is 28.9 Å². The summed E-state index contributed by atoms with van der Waals surface area (Å²) in [6, 6.07) is 32.8. The highest BCUT2D eigenvalue weighted by atomic mass is 16.7. The summed E-state index contributed by atoms with van der Waals surface area (Å²) in [5.74, 6) is -0.388. The van der Waals surface area contributed by atoms with Gasteiger partial charge in [-0.1, -0.05) is 188 Å². The van der Waals surface area contributed by atoms with E-state index in [2.05, 4.69) is 78.8 Å². The molecule has 5 atom stereocenters. The number of benzene rings is 4. The Labute approximate surface area is 371 Å². The lowest BCUT2D eigenvalue weighted by molar-refractivity contribution is -0.276. The third-order valence-corrected chi connectivity index (χ3v) is 12.2. The molecule has 0 aromatic heterocycles. The molecule has 0 spiro atoms. The minimum absolute atomic E-state index is 0.00488. The Morgan fingerprint density at radius 3 is 1.94 bits per heavy atom. The van der Waals surface area contributed by atoms with E-state index in [9.17, 15) is 14.7 Å². The molecule has 0 aliphatic carbocycles. The van der Waals surface area contributed by atoms with Crippen LogP contribution in [0.15, 0.2) is 103 Å². The van der Waals surface area contributed by atoms with Crippen LogP contribution in [0, 0.1) is 5.92 Å². The van der Waals surface area contributed by atoms with E-state index in [1.807, 2.05) is 60.7 Å². The molecule has 62 heavy (non-hydrogen) atoms. The second-order valence-electron chi connectivity index (χ2n) is 17.0. The van der Waals surface area contributed by atoms with Crippen molar-refractivity contribution in [1.82, 2.24) is 15.5 Å². The zero-order valence-corrected chi connectivity index (χ0v) is 37.9. The van der Waals surface area contributed by atoms with E-state index >= 15 is 0 Å². The number of aliphatic hydroxyl groups excluding tert-OH is 1. The topological polar surface area (TPSA) is 109 Å². The highest BCUT2D eigenvalue weighted by molar-refractivity contribution is 5.84. The number of hydrogen-bond donors (Lipinski definition) is 3. The number of carbonyl (C=O) groups excluding carboxylic acids is 2. The molecule has 2 amide bonds. The number of esters is 1. The molecule has 4 aromatic rings. The molecule has 0 radical (unpaired) electrons. The Morgan fingerprint density at radius 2 is 1.31 bits per heavy atom. The van der Waals surface area contributed by atoms with Crippen LogP contribution in [0.25, 0.3) is 11.1 Å². The van der Waals surface area contributed by atoms with E-state index in [1.54, 1.807) is 0 Å². The van der Waals surface area contributed by atoms with Crippen molar-refractivity contribution in [3.8, 4) is 11.1 Å². The molecule has 3 N–H and O–H groups in total. The van der Waals surface area contributed by atoms with Crippen LogP contribution >= 0.6 is 0 Å². The number of nitrogens with one attached hydrogen (secondary N) is 2. The van der Waals surface area contributed by atoms with Crippen LogP contribution < -0.4 is 10.6 Å². The summed E-state index contributed by atoms with van der Waals surface area (Å²) in [6.45, 7) is 10.1. The largest absolute Gasteiger partial charge is 0.467 e. The van der Waals surface area contributed by atoms with Crippen LogP contribution in [0.5, 0.6) is 0 Å². The van der Waals surface area contributed by atoms with Crippen LogP contribution in [-0.2, 0) is 38.6 Å². The van der Waals surface area contributed by atoms with Gasteiger partial charge < -0.3 is 34.9 Å². The number of ether oxygens (including phenoxy) is 3. The molecule has 0 bridgehead atoms. The van der Waals surface area contributed by atoms with E-state index in [4.69, 9.17) is 14.2 Å². The number of aliphatic hydroxyl groups is 1. The van der Waals surface area contributed by atoms with Crippen molar-refractivity contribution in [2.45, 2.75) is 142 Å². The zero-order chi connectivity index (χ0) is 43.9. The standard InChI is InChI=1S/C53H73N3O6/c1-5-7-9-11-13-20-34-56(35-21-14-12-10-8-6-2)38-49-40(3)50(44-28-26-42(39-57)27-29-44)62-52(61-49)45-32-30-43(31-33-45)47-25-19-18-24-46(47)37-54-53(59)55-48(51(58)60-4)36-41-22-16-15-17-23-41/h15-19,22-33,40,48-50,52,57H,5-14,20-21,34-39H2,1-4H3,(H2,54,55,59)/t40-,48-,49+,50+,52+/m0/s1. The zero-order valence-electron chi connectivity index (χ0n) is 37.9. The number of carbonyl (C=O) groups is 2. The van der Waals surface area contributed by atoms with Gasteiger partial charge in [-0.2, -0.15) is 0 Å².